The maximum absolute atomic E-state index is 5.75. The minimum absolute atomic E-state index is 0.433. The molecule has 0 spiro atoms. The van der Waals surface area contributed by atoms with Crippen LogP contribution in [0.25, 0.3) is 0 Å². The van der Waals surface area contributed by atoms with Crippen LogP contribution in [-0.2, 0) is 4.74 Å². The summed E-state index contributed by atoms with van der Waals surface area (Å²) in [6.45, 7) is 16.9. The van der Waals surface area contributed by atoms with E-state index in [1.54, 1.807) is 0 Å². The fraction of sp³-hybridized carbons (Fsp3) is 1.00. The molecule has 1 fully saturated rings. The van der Waals surface area contributed by atoms with Gasteiger partial charge in [0.2, 0.25) is 0 Å². The predicted octanol–water partition coefficient (Wildman–Crippen LogP) is 3.29. The molecule has 0 radical (unpaired) electrons. The van der Waals surface area contributed by atoms with Crippen molar-refractivity contribution in [2.45, 2.75) is 72.4 Å². The average molecular weight is 284 g/mol. The van der Waals surface area contributed by atoms with Crippen LogP contribution in [0.2, 0.25) is 0 Å². The van der Waals surface area contributed by atoms with E-state index < -0.39 is 0 Å². The van der Waals surface area contributed by atoms with Gasteiger partial charge in [0.15, 0.2) is 0 Å². The molecule has 0 aromatic carbocycles. The van der Waals surface area contributed by atoms with Gasteiger partial charge < -0.3 is 15.0 Å². The van der Waals surface area contributed by atoms with E-state index in [0.717, 1.165) is 13.2 Å². The van der Waals surface area contributed by atoms with Crippen LogP contribution in [0.1, 0.15) is 60.3 Å². The van der Waals surface area contributed by atoms with Gasteiger partial charge in [0, 0.05) is 38.8 Å². The molecule has 1 aliphatic heterocycles. The van der Waals surface area contributed by atoms with Crippen molar-refractivity contribution < 1.29 is 4.74 Å². The molecule has 3 heteroatoms. The van der Waals surface area contributed by atoms with Gasteiger partial charge in [-0.25, -0.2) is 0 Å². The van der Waals surface area contributed by atoms with Crippen LogP contribution in [-0.4, -0.2) is 49.8 Å². The topological polar surface area (TPSA) is 24.5 Å². The molecule has 0 bridgehead atoms. The van der Waals surface area contributed by atoms with Gasteiger partial charge in [-0.3, -0.25) is 0 Å². The largest absolute Gasteiger partial charge is 0.378 e. The molecule has 20 heavy (non-hydrogen) atoms. The summed E-state index contributed by atoms with van der Waals surface area (Å²) >= 11 is 0. The lowest BCUT2D eigenvalue weighted by atomic mass is 9.81. The molecule has 120 valence electrons. The zero-order valence-corrected chi connectivity index (χ0v) is 14.4. The maximum atomic E-state index is 5.75. The monoisotopic (exact) mass is 284 g/mol. The van der Waals surface area contributed by atoms with Crippen LogP contribution < -0.4 is 5.32 Å². The number of nitrogens with one attached hydrogen (secondary N) is 1. The average Bonchev–Trinajstić information content (AvgIpc) is 2.46. The van der Waals surface area contributed by atoms with Crippen molar-refractivity contribution in [2.75, 3.05) is 32.8 Å². The van der Waals surface area contributed by atoms with Crippen LogP contribution in [0.4, 0.5) is 0 Å². The Morgan fingerprint density at radius 1 is 1.15 bits per heavy atom. The van der Waals surface area contributed by atoms with E-state index in [1.165, 1.54) is 45.3 Å². The minimum atomic E-state index is 0.433. The van der Waals surface area contributed by atoms with Crippen LogP contribution in [0.15, 0.2) is 0 Å². The molecule has 0 aliphatic carbocycles. The Hall–Kier alpha value is -0.120. The molecule has 1 N–H and O–H groups in total. The minimum Gasteiger partial charge on any atom is -0.378 e. The number of ether oxygens (including phenoxy) is 1. The number of piperidine rings is 1. The molecule has 1 saturated heterocycles. The van der Waals surface area contributed by atoms with Gasteiger partial charge in [0.25, 0.3) is 0 Å². The molecular formula is C17H36N2O. The predicted molar refractivity (Wildman–Crippen MR) is 87.2 cm³/mol. The van der Waals surface area contributed by atoms with Gasteiger partial charge in [-0.15, -0.1) is 0 Å². The Balaban J connectivity index is 2.46. The van der Waals surface area contributed by atoms with E-state index in [2.05, 4.69) is 44.8 Å². The zero-order chi connectivity index (χ0) is 15.0. The van der Waals surface area contributed by atoms with Crippen molar-refractivity contribution in [3.63, 3.8) is 0 Å². The first kappa shape index (κ1) is 17.9. The second-order valence-electron chi connectivity index (χ2n) is 6.67. The van der Waals surface area contributed by atoms with Crippen molar-refractivity contribution in [3.8, 4) is 0 Å². The molecule has 3 nitrogen and oxygen atoms in total. The Kier molecular flexibility index (Phi) is 8.08. The fourth-order valence-electron chi connectivity index (χ4n) is 3.14. The van der Waals surface area contributed by atoms with Crippen LogP contribution in [0, 0.1) is 5.41 Å². The first-order valence-electron chi connectivity index (χ1n) is 8.62. The second-order valence-corrected chi connectivity index (χ2v) is 6.67. The molecule has 1 aliphatic rings. The van der Waals surface area contributed by atoms with E-state index in [-0.39, 0.29) is 0 Å². The number of hydrogen-bond acceptors (Lipinski definition) is 3. The van der Waals surface area contributed by atoms with Crippen molar-refractivity contribution in [1.29, 1.82) is 0 Å². The van der Waals surface area contributed by atoms with Crippen LogP contribution in [0.3, 0.4) is 0 Å². The molecule has 0 saturated carbocycles. The van der Waals surface area contributed by atoms with Gasteiger partial charge >= 0.3 is 0 Å². The lowest BCUT2D eigenvalue weighted by molar-refractivity contribution is 0.00261. The van der Waals surface area contributed by atoms with Gasteiger partial charge in [-0.1, -0.05) is 27.7 Å². The van der Waals surface area contributed by atoms with Gasteiger partial charge in [0.1, 0.15) is 0 Å². The SMILES string of the molecule is CCOC1CCN(CC(CC)(CC)CNC(C)C)CC1. The third kappa shape index (κ3) is 5.71. The molecule has 0 aromatic rings. The van der Waals surface area contributed by atoms with E-state index in [9.17, 15) is 0 Å². The Bertz CT molecular complexity index is 243. The summed E-state index contributed by atoms with van der Waals surface area (Å²) in [4.78, 5) is 2.66. The first-order chi connectivity index (χ1) is 9.55. The molecule has 1 rings (SSSR count). The summed E-state index contributed by atoms with van der Waals surface area (Å²) < 4.78 is 5.75. The highest BCUT2D eigenvalue weighted by molar-refractivity contribution is 4.85. The van der Waals surface area contributed by atoms with E-state index in [1.807, 2.05) is 0 Å². The summed E-state index contributed by atoms with van der Waals surface area (Å²) in [5.74, 6) is 0. The normalized spacial score (nSPS) is 18.9. The molecule has 0 atom stereocenters. The first-order valence-corrected chi connectivity index (χ1v) is 8.62. The summed E-state index contributed by atoms with van der Waals surface area (Å²) in [5, 5.41) is 3.66. The molecule has 0 amide bonds. The van der Waals surface area contributed by atoms with Crippen molar-refractivity contribution in [2.24, 2.45) is 5.41 Å². The Labute approximate surface area is 126 Å². The highest BCUT2D eigenvalue weighted by atomic mass is 16.5. The lowest BCUT2D eigenvalue weighted by Crippen LogP contribution is -2.48. The summed E-state index contributed by atoms with van der Waals surface area (Å²) in [6, 6.07) is 0.580. The van der Waals surface area contributed by atoms with Crippen molar-refractivity contribution in [3.05, 3.63) is 0 Å². The van der Waals surface area contributed by atoms with Gasteiger partial charge in [-0.05, 0) is 38.0 Å². The molecular weight excluding hydrogens is 248 g/mol. The maximum Gasteiger partial charge on any atom is 0.0599 e. The Morgan fingerprint density at radius 2 is 1.75 bits per heavy atom. The van der Waals surface area contributed by atoms with E-state index >= 15 is 0 Å². The van der Waals surface area contributed by atoms with Gasteiger partial charge in [-0.2, -0.15) is 0 Å². The van der Waals surface area contributed by atoms with Crippen LogP contribution >= 0.6 is 0 Å². The lowest BCUT2D eigenvalue weighted by Gasteiger charge is -2.41. The van der Waals surface area contributed by atoms with Crippen molar-refractivity contribution in [1.82, 2.24) is 10.2 Å². The third-order valence-corrected chi connectivity index (χ3v) is 4.88. The summed E-state index contributed by atoms with van der Waals surface area (Å²) in [7, 11) is 0. The van der Waals surface area contributed by atoms with Crippen molar-refractivity contribution >= 4 is 0 Å². The third-order valence-electron chi connectivity index (χ3n) is 4.88. The zero-order valence-electron chi connectivity index (χ0n) is 14.4. The fourth-order valence-corrected chi connectivity index (χ4v) is 3.14. The molecule has 0 unspecified atom stereocenters. The smallest absolute Gasteiger partial charge is 0.0599 e. The standard InChI is InChI=1S/C17H36N2O/c1-6-17(7-2,13-18-15(4)5)14-19-11-9-16(10-12-19)20-8-3/h15-16,18H,6-14H2,1-5H3. The second kappa shape index (κ2) is 9.01. The van der Waals surface area contributed by atoms with E-state index in [0.29, 0.717) is 17.6 Å². The quantitative estimate of drug-likeness (QED) is 0.703. The summed E-state index contributed by atoms with van der Waals surface area (Å²) in [5.41, 5.74) is 0.433. The number of nitrogens with zero attached hydrogens (tertiary/aromatic N) is 1. The number of rotatable bonds is 9. The van der Waals surface area contributed by atoms with Crippen LogP contribution in [0.5, 0.6) is 0 Å². The highest BCUT2D eigenvalue weighted by Gasteiger charge is 2.30. The molecule has 1 heterocycles. The molecule has 0 aromatic heterocycles. The summed E-state index contributed by atoms with van der Waals surface area (Å²) in [6.07, 6.45) is 5.43. The van der Waals surface area contributed by atoms with E-state index in [4.69, 9.17) is 4.74 Å². The Morgan fingerprint density at radius 3 is 2.20 bits per heavy atom. The number of hydrogen-bond donors (Lipinski definition) is 1. The number of likely N-dealkylation sites (tertiary alicyclic amines) is 1. The van der Waals surface area contributed by atoms with Gasteiger partial charge in [0.05, 0.1) is 6.10 Å². The highest BCUT2D eigenvalue weighted by Crippen LogP contribution is 2.28.